The molecule has 15 heavy (non-hydrogen) atoms. The molecule has 0 aliphatic heterocycles. The van der Waals surface area contributed by atoms with Crippen LogP contribution in [0.15, 0.2) is 4.34 Å². The summed E-state index contributed by atoms with van der Waals surface area (Å²) >= 11 is 3.58. The van der Waals surface area contributed by atoms with Gasteiger partial charge in [-0.15, -0.1) is 10.2 Å². The summed E-state index contributed by atoms with van der Waals surface area (Å²) in [5.41, 5.74) is 5.81. The lowest BCUT2D eigenvalue weighted by molar-refractivity contribution is 0.378. The van der Waals surface area contributed by atoms with Crippen LogP contribution in [0.25, 0.3) is 0 Å². The molecule has 1 heterocycles. The minimum Gasteiger partial charge on any atom is -0.330 e. The highest BCUT2D eigenvalue weighted by Crippen LogP contribution is 2.37. The molecular weight excluding hydrogens is 226 g/mol. The van der Waals surface area contributed by atoms with Crippen molar-refractivity contribution in [3.05, 3.63) is 5.01 Å². The third-order valence-electron chi connectivity index (χ3n) is 2.90. The molecule has 2 rings (SSSR count). The maximum absolute atomic E-state index is 5.81. The van der Waals surface area contributed by atoms with E-state index in [0.29, 0.717) is 11.2 Å². The number of rotatable bonds is 3. The molecule has 0 radical (unpaired) electrons. The lowest BCUT2D eigenvalue weighted by Gasteiger charge is -2.29. The summed E-state index contributed by atoms with van der Waals surface area (Å²) < 4.78 is 1.11. The molecule has 84 valence electrons. The molecule has 2 N–H and O–H groups in total. The van der Waals surface area contributed by atoms with Crippen LogP contribution in [-0.2, 0) is 0 Å². The second-order valence-electron chi connectivity index (χ2n) is 4.02. The van der Waals surface area contributed by atoms with Crippen LogP contribution in [-0.4, -0.2) is 22.0 Å². The van der Waals surface area contributed by atoms with E-state index >= 15 is 0 Å². The minimum atomic E-state index is 0.663. The van der Waals surface area contributed by atoms with Gasteiger partial charge in [0.05, 0.1) is 0 Å². The molecule has 0 spiro atoms. The van der Waals surface area contributed by atoms with Gasteiger partial charge < -0.3 is 5.73 Å². The highest BCUT2D eigenvalue weighted by molar-refractivity contribution is 8.01. The summed E-state index contributed by atoms with van der Waals surface area (Å²) in [6.45, 7) is 2.82. The first-order valence-electron chi connectivity index (χ1n) is 5.46. The molecule has 0 amide bonds. The van der Waals surface area contributed by atoms with Crippen molar-refractivity contribution in [3.63, 3.8) is 0 Å². The largest absolute Gasteiger partial charge is 0.330 e. The average molecular weight is 243 g/mol. The molecule has 1 aromatic heterocycles. The fourth-order valence-electron chi connectivity index (χ4n) is 2.05. The Morgan fingerprint density at radius 2 is 2.20 bits per heavy atom. The van der Waals surface area contributed by atoms with E-state index in [0.717, 1.165) is 15.9 Å². The predicted octanol–water partition coefficient (Wildman–Crippen LogP) is 2.46. The van der Waals surface area contributed by atoms with Crippen molar-refractivity contribution < 1.29 is 0 Å². The van der Waals surface area contributed by atoms with E-state index in [1.807, 2.05) is 18.7 Å². The van der Waals surface area contributed by atoms with Gasteiger partial charge in [-0.2, -0.15) is 0 Å². The maximum Gasteiger partial charge on any atom is 0.174 e. The molecule has 2 atom stereocenters. The summed E-state index contributed by atoms with van der Waals surface area (Å²) in [5, 5.41) is 9.94. The summed E-state index contributed by atoms with van der Waals surface area (Å²) in [7, 11) is 0. The van der Waals surface area contributed by atoms with Crippen LogP contribution in [0.5, 0.6) is 0 Å². The predicted molar refractivity (Wildman–Crippen MR) is 65.3 cm³/mol. The van der Waals surface area contributed by atoms with Crippen LogP contribution in [0.1, 0.15) is 30.7 Å². The number of aromatic nitrogens is 2. The first-order valence-corrected chi connectivity index (χ1v) is 7.16. The molecule has 5 heteroatoms. The Balaban J connectivity index is 1.97. The average Bonchev–Trinajstić information content (AvgIpc) is 2.65. The van der Waals surface area contributed by atoms with Gasteiger partial charge in [0.25, 0.3) is 0 Å². The topological polar surface area (TPSA) is 51.8 Å². The van der Waals surface area contributed by atoms with Crippen molar-refractivity contribution in [1.82, 2.24) is 10.2 Å². The quantitative estimate of drug-likeness (QED) is 0.886. The highest BCUT2D eigenvalue weighted by Gasteiger charge is 2.25. The van der Waals surface area contributed by atoms with Crippen LogP contribution in [0.3, 0.4) is 0 Å². The molecule has 1 aliphatic rings. The maximum atomic E-state index is 5.81. The van der Waals surface area contributed by atoms with Crippen LogP contribution in [0.2, 0.25) is 0 Å². The van der Waals surface area contributed by atoms with Crippen LogP contribution in [0, 0.1) is 12.8 Å². The minimum absolute atomic E-state index is 0.663. The van der Waals surface area contributed by atoms with Crippen molar-refractivity contribution in [3.8, 4) is 0 Å². The lowest BCUT2D eigenvalue weighted by Crippen LogP contribution is -2.28. The molecular formula is C10H17N3S2. The van der Waals surface area contributed by atoms with Crippen LogP contribution >= 0.6 is 23.1 Å². The third-order valence-corrected chi connectivity index (χ3v) is 5.28. The monoisotopic (exact) mass is 243 g/mol. The Hall–Kier alpha value is -0.130. The second kappa shape index (κ2) is 5.27. The Kier molecular flexibility index (Phi) is 3.99. The standard InChI is InChI=1S/C10H17N3S2/c1-7-12-13-10(14-7)15-9-5-3-2-4-8(9)6-11/h8-9H,2-6,11H2,1H3. The zero-order valence-corrected chi connectivity index (χ0v) is 10.6. The molecule has 1 aliphatic carbocycles. The fraction of sp³-hybridized carbons (Fsp3) is 0.800. The van der Waals surface area contributed by atoms with Crippen molar-refractivity contribution >= 4 is 23.1 Å². The lowest BCUT2D eigenvalue weighted by atomic mass is 9.89. The Morgan fingerprint density at radius 1 is 1.40 bits per heavy atom. The molecule has 0 aromatic carbocycles. The van der Waals surface area contributed by atoms with Crippen molar-refractivity contribution in [2.24, 2.45) is 11.7 Å². The third kappa shape index (κ3) is 2.92. The summed E-state index contributed by atoms with van der Waals surface area (Å²) in [5.74, 6) is 0.674. The molecule has 3 nitrogen and oxygen atoms in total. The number of hydrogen-bond acceptors (Lipinski definition) is 5. The van der Waals surface area contributed by atoms with Crippen molar-refractivity contribution in [1.29, 1.82) is 0 Å². The SMILES string of the molecule is Cc1nnc(SC2CCCCC2CN)s1. The Labute approximate surface area is 98.9 Å². The summed E-state index contributed by atoms with van der Waals surface area (Å²) in [4.78, 5) is 0. The number of thioether (sulfide) groups is 1. The number of hydrogen-bond donors (Lipinski definition) is 1. The van der Waals surface area contributed by atoms with Gasteiger partial charge in [0.2, 0.25) is 0 Å². The molecule has 0 bridgehead atoms. The van der Waals surface area contributed by atoms with Gasteiger partial charge in [-0.05, 0) is 32.2 Å². The van der Waals surface area contributed by atoms with Gasteiger partial charge in [0, 0.05) is 5.25 Å². The van der Waals surface area contributed by atoms with Crippen molar-refractivity contribution in [2.45, 2.75) is 42.2 Å². The molecule has 1 fully saturated rings. The summed E-state index contributed by atoms with van der Waals surface area (Å²) in [6.07, 6.45) is 5.25. The van der Waals surface area contributed by atoms with Crippen molar-refractivity contribution in [2.75, 3.05) is 6.54 Å². The zero-order chi connectivity index (χ0) is 10.7. The molecule has 1 aromatic rings. The van der Waals surface area contributed by atoms with Gasteiger partial charge in [-0.25, -0.2) is 0 Å². The van der Waals surface area contributed by atoms with E-state index in [2.05, 4.69) is 10.2 Å². The van der Waals surface area contributed by atoms with E-state index in [9.17, 15) is 0 Å². The first kappa shape index (κ1) is 11.4. The van der Waals surface area contributed by atoms with E-state index in [-0.39, 0.29) is 0 Å². The number of aryl methyl sites for hydroxylation is 1. The van der Waals surface area contributed by atoms with Gasteiger partial charge in [-0.3, -0.25) is 0 Å². The Morgan fingerprint density at radius 3 is 2.87 bits per heavy atom. The van der Waals surface area contributed by atoms with Gasteiger partial charge >= 0.3 is 0 Å². The first-order chi connectivity index (χ1) is 7.29. The van der Waals surface area contributed by atoms with Crippen LogP contribution in [0.4, 0.5) is 0 Å². The Bertz CT molecular complexity index is 313. The number of nitrogens with two attached hydrogens (primary N) is 1. The van der Waals surface area contributed by atoms with Gasteiger partial charge in [-0.1, -0.05) is 35.9 Å². The van der Waals surface area contributed by atoms with E-state index in [1.165, 1.54) is 25.7 Å². The summed E-state index contributed by atoms with van der Waals surface area (Å²) in [6, 6.07) is 0. The zero-order valence-electron chi connectivity index (χ0n) is 8.98. The highest BCUT2D eigenvalue weighted by atomic mass is 32.2. The molecule has 2 unspecified atom stereocenters. The smallest absolute Gasteiger partial charge is 0.174 e. The normalized spacial score (nSPS) is 26.8. The number of nitrogens with zero attached hydrogens (tertiary/aromatic N) is 2. The van der Waals surface area contributed by atoms with Gasteiger partial charge in [0.15, 0.2) is 4.34 Å². The molecule has 1 saturated carbocycles. The fourth-order valence-corrected chi connectivity index (χ4v) is 4.47. The second-order valence-corrected chi connectivity index (χ2v) is 6.69. The van der Waals surface area contributed by atoms with E-state index < -0.39 is 0 Å². The van der Waals surface area contributed by atoms with Gasteiger partial charge in [0.1, 0.15) is 5.01 Å². The van der Waals surface area contributed by atoms with E-state index in [4.69, 9.17) is 5.73 Å². The van der Waals surface area contributed by atoms with E-state index in [1.54, 1.807) is 11.3 Å². The molecule has 0 saturated heterocycles. The van der Waals surface area contributed by atoms with Crippen LogP contribution < -0.4 is 5.73 Å².